The summed E-state index contributed by atoms with van der Waals surface area (Å²) in [6.07, 6.45) is 0. The molecule has 66 valence electrons. The van der Waals surface area contributed by atoms with E-state index in [0.29, 0.717) is 17.6 Å². The summed E-state index contributed by atoms with van der Waals surface area (Å²) in [5, 5.41) is 9.53. The summed E-state index contributed by atoms with van der Waals surface area (Å²) in [4.78, 5) is 0. The molecule has 0 aliphatic carbocycles. The van der Waals surface area contributed by atoms with Crippen LogP contribution in [0, 0.1) is 5.92 Å². The van der Waals surface area contributed by atoms with Crippen molar-refractivity contribution in [2.24, 2.45) is 5.92 Å². The van der Waals surface area contributed by atoms with Crippen molar-refractivity contribution < 1.29 is 5.11 Å². The molecule has 0 saturated heterocycles. The van der Waals surface area contributed by atoms with Gasteiger partial charge >= 0.3 is 0 Å². The first kappa shape index (κ1) is 9.11. The Morgan fingerprint density at radius 1 is 1.08 bits per heavy atom. The maximum absolute atomic E-state index is 9.53. The average Bonchev–Trinajstić information content (AvgIpc) is 2.04. The Balaban J connectivity index is 2.94. The van der Waals surface area contributed by atoms with Crippen LogP contribution in [0.15, 0.2) is 24.3 Å². The monoisotopic (exact) mass is 164 g/mol. The van der Waals surface area contributed by atoms with E-state index in [1.807, 2.05) is 18.2 Å². The first-order valence-corrected chi connectivity index (χ1v) is 4.41. The maximum atomic E-state index is 9.53. The Kier molecular flexibility index (Phi) is 2.74. The van der Waals surface area contributed by atoms with E-state index in [1.54, 1.807) is 6.07 Å². The molecule has 1 rings (SSSR count). The van der Waals surface area contributed by atoms with E-state index >= 15 is 0 Å². The fraction of sp³-hybridized carbons (Fsp3) is 0.455. The van der Waals surface area contributed by atoms with Gasteiger partial charge in [0.1, 0.15) is 5.75 Å². The Morgan fingerprint density at radius 2 is 1.67 bits per heavy atom. The zero-order chi connectivity index (χ0) is 9.14. The summed E-state index contributed by atoms with van der Waals surface area (Å²) in [5.41, 5.74) is 1.05. The first-order valence-electron chi connectivity index (χ1n) is 4.41. The molecule has 1 N–H and O–H groups in total. The molecule has 1 heteroatoms. The van der Waals surface area contributed by atoms with Gasteiger partial charge in [0, 0.05) is 0 Å². The minimum atomic E-state index is 0.415. The quantitative estimate of drug-likeness (QED) is 0.712. The number of phenolic OH excluding ortho intramolecular Hbond substituents is 1. The van der Waals surface area contributed by atoms with Gasteiger partial charge in [-0.2, -0.15) is 0 Å². The van der Waals surface area contributed by atoms with Crippen LogP contribution in [-0.2, 0) is 0 Å². The van der Waals surface area contributed by atoms with Crippen molar-refractivity contribution in [2.75, 3.05) is 0 Å². The van der Waals surface area contributed by atoms with Crippen LogP contribution in [-0.4, -0.2) is 5.11 Å². The highest BCUT2D eigenvalue weighted by Gasteiger charge is 2.12. The third-order valence-corrected chi connectivity index (χ3v) is 2.43. The standard InChI is InChI=1S/C11H16O/c1-8(2)9(3)10-6-4-5-7-11(10)12/h4-9,12H,1-3H3. The van der Waals surface area contributed by atoms with E-state index in [0.717, 1.165) is 5.56 Å². The number of phenols is 1. The second-order valence-electron chi connectivity index (χ2n) is 3.59. The van der Waals surface area contributed by atoms with Crippen molar-refractivity contribution >= 4 is 0 Å². The predicted molar refractivity (Wildman–Crippen MR) is 51.4 cm³/mol. The SMILES string of the molecule is CC(C)C(C)c1ccccc1O. The normalized spacial score (nSPS) is 13.3. The van der Waals surface area contributed by atoms with Crippen LogP contribution >= 0.6 is 0 Å². The van der Waals surface area contributed by atoms with Crippen LogP contribution in [0.3, 0.4) is 0 Å². The number of hydrogen-bond acceptors (Lipinski definition) is 1. The number of para-hydroxylation sites is 1. The van der Waals surface area contributed by atoms with Crippen LogP contribution in [0.4, 0.5) is 0 Å². The smallest absolute Gasteiger partial charge is 0.119 e. The number of benzene rings is 1. The van der Waals surface area contributed by atoms with Crippen LogP contribution in [0.25, 0.3) is 0 Å². The summed E-state index contributed by atoms with van der Waals surface area (Å²) >= 11 is 0. The van der Waals surface area contributed by atoms with Gasteiger partial charge in [0.25, 0.3) is 0 Å². The summed E-state index contributed by atoms with van der Waals surface area (Å²) in [6, 6.07) is 7.55. The van der Waals surface area contributed by atoms with Crippen molar-refractivity contribution in [3.63, 3.8) is 0 Å². The molecular weight excluding hydrogens is 148 g/mol. The van der Waals surface area contributed by atoms with Crippen LogP contribution < -0.4 is 0 Å². The number of rotatable bonds is 2. The van der Waals surface area contributed by atoms with Crippen molar-refractivity contribution in [1.82, 2.24) is 0 Å². The van der Waals surface area contributed by atoms with Gasteiger partial charge < -0.3 is 5.11 Å². The summed E-state index contributed by atoms with van der Waals surface area (Å²) in [7, 11) is 0. The lowest BCUT2D eigenvalue weighted by molar-refractivity contribution is 0.446. The lowest BCUT2D eigenvalue weighted by atomic mass is 9.90. The van der Waals surface area contributed by atoms with Gasteiger partial charge in [0.15, 0.2) is 0 Å². The zero-order valence-electron chi connectivity index (χ0n) is 7.91. The largest absolute Gasteiger partial charge is 0.508 e. The highest BCUT2D eigenvalue weighted by Crippen LogP contribution is 2.29. The lowest BCUT2D eigenvalue weighted by Gasteiger charge is -2.16. The molecule has 1 unspecified atom stereocenters. The molecule has 0 aliphatic rings. The van der Waals surface area contributed by atoms with Crippen LogP contribution in [0.2, 0.25) is 0 Å². The molecule has 0 radical (unpaired) electrons. The van der Waals surface area contributed by atoms with Crippen LogP contribution in [0.1, 0.15) is 32.3 Å². The summed E-state index contributed by atoms with van der Waals surface area (Å²) in [5.74, 6) is 1.41. The second-order valence-corrected chi connectivity index (χ2v) is 3.59. The van der Waals surface area contributed by atoms with Gasteiger partial charge in [-0.1, -0.05) is 39.0 Å². The Bertz CT molecular complexity index is 253. The number of aromatic hydroxyl groups is 1. The zero-order valence-corrected chi connectivity index (χ0v) is 7.91. The van der Waals surface area contributed by atoms with Gasteiger partial charge in [-0.15, -0.1) is 0 Å². The summed E-state index contributed by atoms with van der Waals surface area (Å²) < 4.78 is 0. The molecule has 0 heterocycles. The Morgan fingerprint density at radius 3 is 2.17 bits per heavy atom. The molecule has 0 aliphatic heterocycles. The number of hydrogen-bond donors (Lipinski definition) is 1. The molecule has 0 fully saturated rings. The van der Waals surface area contributed by atoms with E-state index in [4.69, 9.17) is 0 Å². The van der Waals surface area contributed by atoms with Gasteiger partial charge in [-0.05, 0) is 23.5 Å². The first-order chi connectivity index (χ1) is 5.63. The highest BCUT2D eigenvalue weighted by atomic mass is 16.3. The molecule has 0 amide bonds. The lowest BCUT2D eigenvalue weighted by Crippen LogP contribution is -2.01. The topological polar surface area (TPSA) is 20.2 Å². The van der Waals surface area contributed by atoms with Crippen molar-refractivity contribution in [3.8, 4) is 5.75 Å². The molecular formula is C11H16O. The van der Waals surface area contributed by atoms with E-state index in [1.165, 1.54) is 0 Å². The predicted octanol–water partition coefficient (Wildman–Crippen LogP) is 3.15. The Hall–Kier alpha value is -0.980. The molecule has 1 nitrogen and oxygen atoms in total. The van der Waals surface area contributed by atoms with Gasteiger partial charge in [-0.3, -0.25) is 0 Å². The van der Waals surface area contributed by atoms with E-state index < -0.39 is 0 Å². The molecule has 1 aromatic rings. The molecule has 1 aromatic carbocycles. The fourth-order valence-electron chi connectivity index (χ4n) is 1.23. The van der Waals surface area contributed by atoms with Gasteiger partial charge in [0.05, 0.1) is 0 Å². The second kappa shape index (κ2) is 3.61. The summed E-state index contributed by atoms with van der Waals surface area (Å²) in [6.45, 7) is 6.47. The minimum absolute atomic E-state index is 0.415. The molecule has 0 spiro atoms. The van der Waals surface area contributed by atoms with E-state index in [-0.39, 0.29) is 0 Å². The maximum Gasteiger partial charge on any atom is 0.119 e. The van der Waals surface area contributed by atoms with Crippen molar-refractivity contribution in [1.29, 1.82) is 0 Å². The van der Waals surface area contributed by atoms with E-state index in [9.17, 15) is 5.11 Å². The molecule has 0 aromatic heterocycles. The average molecular weight is 164 g/mol. The Labute approximate surface area is 74.1 Å². The minimum Gasteiger partial charge on any atom is -0.508 e. The van der Waals surface area contributed by atoms with Crippen LogP contribution in [0.5, 0.6) is 5.75 Å². The van der Waals surface area contributed by atoms with Gasteiger partial charge in [0.2, 0.25) is 0 Å². The highest BCUT2D eigenvalue weighted by molar-refractivity contribution is 5.34. The molecule has 12 heavy (non-hydrogen) atoms. The molecule has 0 bridgehead atoms. The molecule has 1 atom stereocenters. The third-order valence-electron chi connectivity index (χ3n) is 2.43. The van der Waals surface area contributed by atoms with Crippen molar-refractivity contribution in [2.45, 2.75) is 26.7 Å². The van der Waals surface area contributed by atoms with Gasteiger partial charge in [-0.25, -0.2) is 0 Å². The third kappa shape index (κ3) is 1.79. The van der Waals surface area contributed by atoms with Crippen molar-refractivity contribution in [3.05, 3.63) is 29.8 Å². The van der Waals surface area contributed by atoms with E-state index in [2.05, 4.69) is 20.8 Å². The fourth-order valence-corrected chi connectivity index (χ4v) is 1.23. The molecule has 0 saturated carbocycles.